The molecule has 0 atom stereocenters. The van der Waals surface area contributed by atoms with Crippen LogP contribution in [0.1, 0.15) is 25.7 Å². The molecule has 0 bridgehead atoms. The summed E-state index contributed by atoms with van der Waals surface area (Å²) in [6.07, 6.45) is 5.20. The largest absolute Gasteiger partial charge is 0.481 e. The molecule has 0 saturated carbocycles. The van der Waals surface area contributed by atoms with Crippen LogP contribution in [0.25, 0.3) is 0 Å². The molecule has 2 aliphatic heterocycles. The lowest BCUT2D eigenvalue weighted by molar-refractivity contribution is 0.249. The van der Waals surface area contributed by atoms with Gasteiger partial charge in [0, 0.05) is 25.7 Å². The summed E-state index contributed by atoms with van der Waals surface area (Å²) in [7, 11) is 1.60. The lowest BCUT2D eigenvalue weighted by Crippen LogP contribution is -2.38. The topological polar surface area (TPSA) is 67.5 Å². The van der Waals surface area contributed by atoms with Crippen molar-refractivity contribution in [1.82, 2.24) is 14.9 Å². The highest BCUT2D eigenvalue weighted by molar-refractivity contribution is 5.45. The van der Waals surface area contributed by atoms with Gasteiger partial charge in [-0.3, -0.25) is 0 Å². The summed E-state index contributed by atoms with van der Waals surface area (Å²) < 4.78 is 5.17. The number of aromatic nitrogens is 2. The summed E-state index contributed by atoms with van der Waals surface area (Å²) in [6, 6.07) is 1.87. The first kappa shape index (κ1) is 14.4. The first-order valence-corrected chi connectivity index (χ1v) is 7.90. The van der Waals surface area contributed by atoms with Crippen molar-refractivity contribution in [2.24, 2.45) is 5.92 Å². The van der Waals surface area contributed by atoms with E-state index in [1.54, 1.807) is 7.11 Å². The van der Waals surface area contributed by atoms with Crippen molar-refractivity contribution in [1.29, 1.82) is 0 Å². The van der Waals surface area contributed by atoms with Crippen LogP contribution in [-0.4, -0.2) is 54.7 Å². The monoisotopic (exact) mass is 291 g/mol. The summed E-state index contributed by atoms with van der Waals surface area (Å²) in [5.74, 6) is 2.53. The van der Waals surface area contributed by atoms with E-state index in [1.807, 2.05) is 6.07 Å². The van der Waals surface area contributed by atoms with Gasteiger partial charge in [-0.25, -0.2) is 0 Å². The number of anilines is 2. The molecule has 6 heteroatoms. The highest BCUT2D eigenvalue weighted by Gasteiger charge is 2.24. The van der Waals surface area contributed by atoms with Crippen LogP contribution in [0.4, 0.5) is 11.8 Å². The maximum absolute atomic E-state index is 5.74. The second-order valence-corrected chi connectivity index (χ2v) is 6.06. The highest BCUT2D eigenvalue weighted by Crippen LogP contribution is 2.25. The Morgan fingerprint density at radius 3 is 2.57 bits per heavy atom. The third-order valence-corrected chi connectivity index (χ3v) is 4.57. The number of hydrogen-bond acceptors (Lipinski definition) is 6. The second-order valence-electron chi connectivity index (χ2n) is 6.06. The van der Waals surface area contributed by atoms with E-state index in [1.165, 1.54) is 45.3 Å². The molecule has 1 aromatic rings. The smallest absolute Gasteiger partial charge is 0.225 e. The molecule has 0 unspecified atom stereocenters. The SMILES string of the molecule is COc1cc(N2CCC(CN3CCCC3)CC2)nc(N)n1. The number of nitrogens with two attached hydrogens (primary N) is 1. The summed E-state index contributed by atoms with van der Waals surface area (Å²) in [6.45, 7) is 5.93. The third kappa shape index (κ3) is 3.56. The fraction of sp³-hybridized carbons (Fsp3) is 0.733. The van der Waals surface area contributed by atoms with Crippen LogP contribution in [0.5, 0.6) is 5.88 Å². The average Bonchev–Trinajstić information content (AvgIpc) is 3.00. The Morgan fingerprint density at radius 2 is 1.90 bits per heavy atom. The van der Waals surface area contributed by atoms with Gasteiger partial charge in [0.25, 0.3) is 0 Å². The number of rotatable bonds is 4. The molecule has 0 amide bonds. The third-order valence-electron chi connectivity index (χ3n) is 4.57. The lowest BCUT2D eigenvalue weighted by Gasteiger charge is -2.34. The van der Waals surface area contributed by atoms with E-state index in [0.29, 0.717) is 5.88 Å². The standard InChI is InChI=1S/C15H25N5O/c1-21-14-10-13(17-15(16)18-14)20-8-4-12(5-9-20)11-19-6-2-3-7-19/h10,12H,2-9,11H2,1H3,(H2,16,17,18). The first-order chi connectivity index (χ1) is 10.2. The molecular formula is C15H25N5O. The fourth-order valence-electron chi connectivity index (χ4n) is 3.37. The number of likely N-dealkylation sites (tertiary alicyclic amines) is 1. The lowest BCUT2D eigenvalue weighted by atomic mass is 9.96. The minimum Gasteiger partial charge on any atom is -0.481 e. The minimum atomic E-state index is 0.281. The number of hydrogen-bond donors (Lipinski definition) is 1. The molecule has 2 fully saturated rings. The van der Waals surface area contributed by atoms with E-state index in [4.69, 9.17) is 10.5 Å². The van der Waals surface area contributed by atoms with Gasteiger partial charge in [-0.2, -0.15) is 9.97 Å². The fourth-order valence-corrected chi connectivity index (χ4v) is 3.37. The van der Waals surface area contributed by atoms with Gasteiger partial charge < -0.3 is 20.3 Å². The van der Waals surface area contributed by atoms with Crippen LogP contribution < -0.4 is 15.4 Å². The van der Waals surface area contributed by atoms with Crippen molar-refractivity contribution >= 4 is 11.8 Å². The number of nitrogens with zero attached hydrogens (tertiary/aromatic N) is 4. The Labute approximate surface area is 126 Å². The molecule has 2 aliphatic rings. The van der Waals surface area contributed by atoms with Crippen molar-refractivity contribution in [2.75, 3.05) is 50.5 Å². The van der Waals surface area contributed by atoms with E-state index < -0.39 is 0 Å². The van der Waals surface area contributed by atoms with Gasteiger partial charge in [0.2, 0.25) is 11.8 Å². The molecule has 0 radical (unpaired) electrons. The van der Waals surface area contributed by atoms with Crippen LogP contribution in [0.2, 0.25) is 0 Å². The molecule has 6 nitrogen and oxygen atoms in total. The molecule has 0 aliphatic carbocycles. The summed E-state index contributed by atoms with van der Waals surface area (Å²) in [4.78, 5) is 13.3. The quantitative estimate of drug-likeness (QED) is 0.904. The zero-order valence-electron chi connectivity index (χ0n) is 12.8. The predicted octanol–water partition coefficient (Wildman–Crippen LogP) is 1.38. The normalized spacial score (nSPS) is 20.9. The number of ether oxygens (including phenoxy) is 1. The number of nitrogen functional groups attached to an aromatic ring is 1. The van der Waals surface area contributed by atoms with E-state index in [9.17, 15) is 0 Å². The van der Waals surface area contributed by atoms with Gasteiger partial charge in [0.1, 0.15) is 5.82 Å². The average molecular weight is 291 g/mol. The summed E-state index contributed by atoms with van der Waals surface area (Å²) in [5.41, 5.74) is 5.74. The van der Waals surface area contributed by atoms with Gasteiger partial charge in [0.05, 0.1) is 7.11 Å². The van der Waals surface area contributed by atoms with Crippen LogP contribution >= 0.6 is 0 Å². The zero-order valence-corrected chi connectivity index (χ0v) is 12.8. The molecule has 116 valence electrons. The first-order valence-electron chi connectivity index (χ1n) is 7.90. The van der Waals surface area contributed by atoms with Crippen molar-refractivity contribution in [3.8, 4) is 5.88 Å². The van der Waals surface area contributed by atoms with E-state index in [0.717, 1.165) is 24.8 Å². The van der Waals surface area contributed by atoms with Crippen LogP contribution in [0.3, 0.4) is 0 Å². The number of methoxy groups -OCH3 is 1. The molecule has 21 heavy (non-hydrogen) atoms. The van der Waals surface area contributed by atoms with Crippen molar-refractivity contribution in [2.45, 2.75) is 25.7 Å². The van der Waals surface area contributed by atoms with Gasteiger partial charge in [-0.15, -0.1) is 0 Å². The molecule has 0 aromatic carbocycles. The van der Waals surface area contributed by atoms with E-state index >= 15 is 0 Å². The zero-order chi connectivity index (χ0) is 14.7. The Kier molecular flexibility index (Phi) is 4.43. The van der Waals surface area contributed by atoms with Crippen molar-refractivity contribution in [3.05, 3.63) is 6.07 Å². The van der Waals surface area contributed by atoms with Gasteiger partial charge in [0.15, 0.2) is 0 Å². The molecule has 2 N–H and O–H groups in total. The van der Waals surface area contributed by atoms with Crippen LogP contribution in [0.15, 0.2) is 6.07 Å². The molecule has 3 heterocycles. The Bertz CT molecular complexity index is 467. The minimum absolute atomic E-state index is 0.281. The molecule has 1 aromatic heterocycles. The van der Waals surface area contributed by atoms with Crippen LogP contribution in [-0.2, 0) is 0 Å². The molecular weight excluding hydrogens is 266 g/mol. The second kappa shape index (κ2) is 6.47. The maximum Gasteiger partial charge on any atom is 0.225 e. The Morgan fingerprint density at radius 1 is 1.19 bits per heavy atom. The van der Waals surface area contributed by atoms with E-state index in [-0.39, 0.29) is 5.95 Å². The predicted molar refractivity (Wildman–Crippen MR) is 83.6 cm³/mol. The van der Waals surface area contributed by atoms with Gasteiger partial charge >= 0.3 is 0 Å². The maximum atomic E-state index is 5.74. The Balaban J connectivity index is 1.56. The molecule has 2 saturated heterocycles. The van der Waals surface area contributed by atoms with Crippen LogP contribution in [0, 0.1) is 5.92 Å². The highest BCUT2D eigenvalue weighted by atomic mass is 16.5. The van der Waals surface area contributed by atoms with E-state index in [2.05, 4.69) is 19.8 Å². The number of piperidine rings is 1. The summed E-state index contributed by atoms with van der Waals surface area (Å²) >= 11 is 0. The Hall–Kier alpha value is -1.56. The molecule has 0 spiro atoms. The molecule has 3 rings (SSSR count). The van der Waals surface area contributed by atoms with Crippen molar-refractivity contribution < 1.29 is 4.74 Å². The van der Waals surface area contributed by atoms with Gasteiger partial charge in [-0.1, -0.05) is 0 Å². The van der Waals surface area contributed by atoms with Gasteiger partial charge in [-0.05, 0) is 44.7 Å². The summed E-state index contributed by atoms with van der Waals surface area (Å²) in [5, 5.41) is 0. The van der Waals surface area contributed by atoms with Crippen molar-refractivity contribution in [3.63, 3.8) is 0 Å².